The molecule has 98 valence electrons. The van der Waals surface area contributed by atoms with E-state index >= 15 is 0 Å². The fourth-order valence-electron chi connectivity index (χ4n) is 1.17. The summed E-state index contributed by atoms with van der Waals surface area (Å²) >= 11 is 7.92. The summed E-state index contributed by atoms with van der Waals surface area (Å²) in [5.41, 5.74) is 0.607. The molecule has 1 aromatic rings. The maximum Gasteiger partial charge on any atom is 0.321 e. The van der Waals surface area contributed by atoms with Gasteiger partial charge in [-0.25, -0.2) is 4.79 Å². The number of carbonyl (C=O) groups is 2. The number of halogens is 2. The molecule has 2 amide bonds. The molecule has 0 aliphatic heterocycles. The molecule has 1 rings (SSSR count). The Hall–Kier alpha value is -1.02. The average molecular weight is 383 g/mol. The highest BCUT2D eigenvalue weighted by Crippen LogP contribution is 2.22. The summed E-state index contributed by atoms with van der Waals surface area (Å²) < 4.78 is 0.858. The number of amides is 2. The van der Waals surface area contributed by atoms with Gasteiger partial charge in [0.2, 0.25) is 0 Å². The number of benzene rings is 1. The Morgan fingerprint density at radius 3 is 2.78 bits per heavy atom. The SMILES string of the molecule is CN(CCC(=O)O)C(=O)Nc1cc(Cl)ccc1I. The Morgan fingerprint density at radius 1 is 1.50 bits per heavy atom. The van der Waals surface area contributed by atoms with Crippen molar-refractivity contribution in [1.82, 2.24) is 4.90 Å². The van der Waals surface area contributed by atoms with Gasteiger partial charge in [0.1, 0.15) is 0 Å². The number of anilines is 1. The molecule has 0 saturated heterocycles. The number of nitrogens with one attached hydrogen (secondary N) is 1. The van der Waals surface area contributed by atoms with Crippen LogP contribution in [0.3, 0.4) is 0 Å². The minimum atomic E-state index is -0.938. The number of nitrogens with zero attached hydrogens (tertiary/aromatic N) is 1. The summed E-state index contributed by atoms with van der Waals surface area (Å²) in [5, 5.41) is 11.7. The number of rotatable bonds is 4. The molecule has 1 aromatic carbocycles. The molecule has 0 bridgehead atoms. The van der Waals surface area contributed by atoms with Crippen LogP contribution in [0.5, 0.6) is 0 Å². The molecule has 7 heteroatoms. The number of carboxylic acid groups (broad SMARTS) is 1. The first-order valence-electron chi connectivity index (χ1n) is 5.09. The van der Waals surface area contributed by atoms with Crippen molar-refractivity contribution in [3.05, 3.63) is 26.8 Å². The lowest BCUT2D eigenvalue weighted by molar-refractivity contribution is -0.137. The number of hydrogen-bond acceptors (Lipinski definition) is 2. The van der Waals surface area contributed by atoms with Crippen molar-refractivity contribution in [3.63, 3.8) is 0 Å². The highest BCUT2D eigenvalue weighted by Gasteiger charge is 2.11. The average Bonchev–Trinajstić information content (AvgIpc) is 2.30. The lowest BCUT2D eigenvalue weighted by Crippen LogP contribution is -2.33. The van der Waals surface area contributed by atoms with Gasteiger partial charge in [0, 0.05) is 22.2 Å². The van der Waals surface area contributed by atoms with Gasteiger partial charge < -0.3 is 15.3 Å². The molecule has 18 heavy (non-hydrogen) atoms. The van der Waals surface area contributed by atoms with Gasteiger partial charge in [-0.2, -0.15) is 0 Å². The van der Waals surface area contributed by atoms with E-state index in [2.05, 4.69) is 27.9 Å². The smallest absolute Gasteiger partial charge is 0.321 e. The van der Waals surface area contributed by atoms with E-state index < -0.39 is 5.97 Å². The summed E-state index contributed by atoms with van der Waals surface area (Å²) in [6.45, 7) is 0.151. The van der Waals surface area contributed by atoms with E-state index in [9.17, 15) is 9.59 Å². The number of urea groups is 1. The monoisotopic (exact) mass is 382 g/mol. The third kappa shape index (κ3) is 4.69. The number of aliphatic carboxylic acids is 1. The summed E-state index contributed by atoms with van der Waals surface area (Å²) in [5.74, 6) is -0.938. The summed E-state index contributed by atoms with van der Waals surface area (Å²) in [6.07, 6.45) is -0.0867. The largest absolute Gasteiger partial charge is 0.481 e. The lowest BCUT2D eigenvalue weighted by Gasteiger charge is -2.17. The van der Waals surface area contributed by atoms with Gasteiger partial charge in [-0.15, -0.1) is 0 Å². The maximum atomic E-state index is 11.8. The third-order valence-corrected chi connectivity index (χ3v) is 3.35. The first-order chi connectivity index (χ1) is 8.40. The minimum absolute atomic E-state index is 0.0867. The van der Waals surface area contributed by atoms with Gasteiger partial charge in [0.15, 0.2) is 0 Å². The molecule has 0 atom stereocenters. The maximum absolute atomic E-state index is 11.8. The minimum Gasteiger partial charge on any atom is -0.481 e. The van der Waals surface area contributed by atoms with Crippen LogP contribution in [-0.2, 0) is 4.79 Å². The molecule has 0 aliphatic carbocycles. The van der Waals surface area contributed by atoms with Crippen LogP contribution in [0.4, 0.5) is 10.5 Å². The van der Waals surface area contributed by atoms with Crippen molar-refractivity contribution >= 4 is 51.9 Å². The standard InChI is InChI=1S/C11H12ClIN2O3/c1-15(5-4-10(16)17)11(18)14-9-6-7(12)2-3-8(9)13/h2-3,6H,4-5H2,1H3,(H,14,18)(H,16,17). The number of carboxylic acids is 1. The summed E-state index contributed by atoms with van der Waals surface area (Å²) in [6, 6.07) is 4.80. The predicted octanol–water partition coefficient (Wildman–Crippen LogP) is 2.88. The van der Waals surface area contributed by atoms with Crippen LogP contribution in [0.1, 0.15) is 6.42 Å². The van der Waals surface area contributed by atoms with Gasteiger partial charge in [-0.05, 0) is 40.8 Å². The molecule has 5 nitrogen and oxygen atoms in total. The van der Waals surface area contributed by atoms with E-state index in [1.807, 2.05) is 0 Å². The second kappa shape index (κ2) is 6.79. The van der Waals surface area contributed by atoms with E-state index in [4.69, 9.17) is 16.7 Å². The zero-order valence-corrected chi connectivity index (χ0v) is 12.5. The molecule has 0 fully saturated rings. The van der Waals surface area contributed by atoms with E-state index in [-0.39, 0.29) is 19.0 Å². The fraction of sp³-hybridized carbons (Fsp3) is 0.273. The number of hydrogen-bond donors (Lipinski definition) is 2. The van der Waals surface area contributed by atoms with Crippen LogP contribution < -0.4 is 5.32 Å². The molecular weight excluding hydrogens is 370 g/mol. The highest BCUT2D eigenvalue weighted by atomic mass is 127. The van der Waals surface area contributed by atoms with Crippen LogP contribution in [-0.4, -0.2) is 35.6 Å². The quantitative estimate of drug-likeness (QED) is 0.787. The topological polar surface area (TPSA) is 69.6 Å². The van der Waals surface area contributed by atoms with Crippen LogP contribution in [0.15, 0.2) is 18.2 Å². The summed E-state index contributed by atoms with van der Waals surface area (Å²) in [4.78, 5) is 23.5. The first kappa shape index (κ1) is 15.0. The first-order valence-corrected chi connectivity index (χ1v) is 6.55. The predicted molar refractivity (Wildman–Crippen MR) is 78.1 cm³/mol. The molecular formula is C11H12ClIN2O3. The Bertz CT molecular complexity index is 468. The third-order valence-electron chi connectivity index (χ3n) is 2.18. The molecule has 0 aromatic heterocycles. The molecule has 0 unspecified atom stereocenters. The van der Waals surface area contributed by atoms with Gasteiger partial charge in [-0.3, -0.25) is 4.79 Å². The van der Waals surface area contributed by atoms with Crippen molar-refractivity contribution in [3.8, 4) is 0 Å². The van der Waals surface area contributed by atoms with Gasteiger partial charge in [0.25, 0.3) is 0 Å². The van der Waals surface area contributed by atoms with Crippen molar-refractivity contribution in [2.75, 3.05) is 18.9 Å². The normalized spacial score (nSPS) is 9.94. The molecule has 0 saturated carbocycles. The molecule has 0 aliphatic rings. The van der Waals surface area contributed by atoms with Crippen molar-refractivity contribution in [2.45, 2.75) is 6.42 Å². The van der Waals surface area contributed by atoms with Crippen molar-refractivity contribution in [1.29, 1.82) is 0 Å². The Balaban J connectivity index is 2.63. The second-order valence-electron chi connectivity index (χ2n) is 3.62. The van der Waals surface area contributed by atoms with E-state index in [1.54, 1.807) is 18.2 Å². The Labute approximate surface area is 123 Å². The fourth-order valence-corrected chi connectivity index (χ4v) is 1.81. The van der Waals surface area contributed by atoms with Crippen molar-refractivity contribution in [2.24, 2.45) is 0 Å². The lowest BCUT2D eigenvalue weighted by atomic mass is 10.3. The van der Waals surface area contributed by atoms with Gasteiger partial charge >= 0.3 is 12.0 Å². The Kier molecular flexibility index (Phi) is 5.67. The zero-order chi connectivity index (χ0) is 13.7. The summed E-state index contributed by atoms with van der Waals surface area (Å²) in [7, 11) is 1.54. The molecule has 0 heterocycles. The van der Waals surface area contributed by atoms with Crippen LogP contribution in [0, 0.1) is 3.57 Å². The van der Waals surface area contributed by atoms with Crippen LogP contribution in [0.2, 0.25) is 5.02 Å². The Morgan fingerprint density at radius 2 is 2.17 bits per heavy atom. The second-order valence-corrected chi connectivity index (χ2v) is 5.22. The van der Waals surface area contributed by atoms with Crippen LogP contribution >= 0.6 is 34.2 Å². The van der Waals surface area contributed by atoms with E-state index in [0.717, 1.165) is 3.57 Å². The van der Waals surface area contributed by atoms with Gasteiger partial charge in [-0.1, -0.05) is 11.6 Å². The van der Waals surface area contributed by atoms with E-state index in [0.29, 0.717) is 10.7 Å². The van der Waals surface area contributed by atoms with Crippen molar-refractivity contribution < 1.29 is 14.7 Å². The van der Waals surface area contributed by atoms with Gasteiger partial charge in [0.05, 0.1) is 12.1 Å². The molecule has 0 spiro atoms. The number of carbonyl (C=O) groups excluding carboxylic acids is 1. The molecule has 2 N–H and O–H groups in total. The molecule has 0 radical (unpaired) electrons. The van der Waals surface area contributed by atoms with E-state index in [1.165, 1.54) is 11.9 Å². The highest BCUT2D eigenvalue weighted by molar-refractivity contribution is 14.1. The zero-order valence-electron chi connectivity index (χ0n) is 9.61. The van der Waals surface area contributed by atoms with Crippen LogP contribution in [0.25, 0.3) is 0 Å².